The summed E-state index contributed by atoms with van der Waals surface area (Å²) < 4.78 is 37.5. The molecule has 8 heteroatoms. The fraction of sp³-hybridized carbons (Fsp3) is 0.545. The van der Waals surface area contributed by atoms with Gasteiger partial charge in [-0.3, -0.25) is 4.90 Å². The van der Waals surface area contributed by atoms with Crippen LogP contribution >= 0.6 is 11.6 Å². The van der Waals surface area contributed by atoms with Crippen molar-refractivity contribution in [3.05, 3.63) is 22.8 Å². The lowest BCUT2D eigenvalue weighted by atomic mass is 10.2. The first-order valence-corrected chi connectivity index (χ1v) is 6.03. The second-order valence-electron chi connectivity index (χ2n) is 4.38. The molecule has 0 spiro atoms. The van der Waals surface area contributed by atoms with Crippen molar-refractivity contribution in [2.45, 2.75) is 32.6 Å². The van der Waals surface area contributed by atoms with E-state index in [9.17, 15) is 13.2 Å². The number of pyridine rings is 1. The van der Waals surface area contributed by atoms with E-state index >= 15 is 0 Å². The number of nitrogens with one attached hydrogen (secondary N) is 1. The highest BCUT2D eigenvalue weighted by Crippen LogP contribution is 2.23. The van der Waals surface area contributed by atoms with E-state index in [-0.39, 0.29) is 12.6 Å². The third-order valence-electron chi connectivity index (χ3n) is 2.53. The molecule has 0 aliphatic rings. The lowest BCUT2D eigenvalue weighted by Gasteiger charge is -2.27. The number of nitrogen functional groups attached to an aromatic ring is 1. The molecular formula is C11H16ClF3N4. The maximum absolute atomic E-state index is 12.5. The molecule has 1 heterocycles. The van der Waals surface area contributed by atoms with Gasteiger partial charge in [-0.15, -0.1) is 0 Å². The van der Waals surface area contributed by atoms with Crippen LogP contribution in [0, 0.1) is 0 Å². The number of hydrogen-bond acceptors (Lipinski definition) is 4. The van der Waals surface area contributed by atoms with Gasteiger partial charge in [0.15, 0.2) is 0 Å². The number of anilines is 1. The Labute approximate surface area is 114 Å². The monoisotopic (exact) mass is 296 g/mol. The van der Waals surface area contributed by atoms with Crippen molar-refractivity contribution in [1.82, 2.24) is 9.88 Å². The standard InChI is InChI=1S/C11H16ClF3N4/c1-7(2)19(6-11(13,14)15)5-9-8(12)3-4-10(17-9)18-16/h3-4,7H,5-6,16H2,1-2H3,(H,17,18). The van der Waals surface area contributed by atoms with E-state index in [1.54, 1.807) is 26.0 Å². The number of halogens is 4. The largest absolute Gasteiger partial charge is 0.401 e. The first-order chi connectivity index (χ1) is 8.73. The van der Waals surface area contributed by atoms with Crippen LogP contribution in [0.5, 0.6) is 0 Å². The van der Waals surface area contributed by atoms with Gasteiger partial charge in [-0.1, -0.05) is 11.6 Å². The first-order valence-electron chi connectivity index (χ1n) is 5.65. The zero-order valence-electron chi connectivity index (χ0n) is 10.6. The molecule has 0 aliphatic carbocycles. The lowest BCUT2D eigenvalue weighted by Crippen LogP contribution is -2.38. The Kier molecular flexibility index (Phi) is 5.39. The minimum absolute atomic E-state index is 0.00549. The lowest BCUT2D eigenvalue weighted by molar-refractivity contribution is -0.151. The van der Waals surface area contributed by atoms with Gasteiger partial charge < -0.3 is 5.43 Å². The number of rotatable bonds is 5. The molecule has 4 nitrogen and oxygen atoms in total. The molecule has 1 aromatic rings. The molecule has 0 amide bonds. The predicted octanol–water partition coefficient (Wildman–Crippen LogP) is 2.79. The zero-order chi connectivity index (χ0) is 14.6. The van der Waals surface area contributed by atoms with Gasteiger partial charge in [0.2, 0.25) is 0 Å². The second-order valence-corrected chi connectivity index (χ2v) is 4.79. The minimum Gasteiger partial charge on any atom is -0.308 e. The molecule has 0 saturated heterocycles. The van der Waals surface area contributed by atoms with E-state index in [0.29, 0.717) is 16.5 Å². The molecule has 1 aromatic heterocycles. The summed E-state index contributed by atoms with van der Waals surface area (Å²) in [5.74, 6) is 5.57. The first kappa shape index (κ1) is 16.0. The van der Waals surface area contributed by atoms with Crippen molar-refractivity contribution >= 4 is 17.4 Å². The Bertz CT molecular complexity index is 423. The molecule has 19 heavy (non-hydrogen) atoms. The quantitative estimate of drug-likeness (QED) is 0.648. The molecule has 0 unspecified atom stereocenters. The van der Waals surface area contributed by atoms with Crippen LogP contribution in [0.2, 0.25) is 5.02 Å². The third-order valence-corrected chi connectivity index (χ3v) is 2.88. The van der Waals surface area contributed by atoms with Crippen molar-refractivity contribution < 1.29 is 13.2 Å². The van der Waals surface area contributed by atoms with Crippen LogP contribution in [-0.2, 0) is 6.54 Å². The summed E-state index contributed by atoms with van der Waals surface area (Å²) in [5, 5.41) is 0.312. The highest BCUT2D eigenvalue weighted by atomic mass is 35.5. The molecule has 0 saturated carbocycles. The average Bonchev–Trinajstić information content (AvgIpc) is 2.29. The minimum atomic E-state index is -4.26. The van der Waals surface area contributed by atoms with Gasteiger partial charge in [-0.2, -0.15) is 13.2 Å². The van der Waals surface area contributed by atoms with Gasteiger partial charge in [-0.25, -0.2) is 10.8 Å². The van der Waals surface area contributed by atoms with Gasteiger partial charge in [0.1, 0.15) is 5.82 Å². The normalized spacial score (nSPS) is 12.3. The SMILES string of the molecule is CC(C)N(Cc1nc(NN)ccc1Cl)CC(F)(F)F. The van der Waals surface area contributed by atoms with Crippen LogP contribution in [0.15, 0.2) is 12.1 Å². The highest BCUT2D eigenvalue weighted by molar-refractivity contribution is 6.31. The van der Waals surface area contributed by atoms with Crippen LogP contribution in [0.3, 0.4) is 0 Å². The van der Waals surface area contributed by atoms with Crippen molar-refractivity contribution in [1.29, 1.82) is 0 Å². The molecule has 0 radical (unpaired) electrons. The average molecular weight is 297 g/mol. The molecule has 0 aliphatic heterocycles. The summed E-state index contributed by atoms with van der Waals surface area (Å²) in [7, 11) is 0. The van der Waals surface area contributed by atoms with Gasteiger partial charge in [0, 0.05) is 12.6 Å². The van der Waals surface area contributed by atoms with E-state index in [1.807, 2.05) is 0 Å². The van der Waals surface area contributed by atoms with E-state index in [2.05, 4.69) is 10.4 Å². The number of hydrogen-bond donors (Lipinski definition) is 2. The maximum atomic E-state index is 12.5. The molecule has 0 aromatic carbocycles. The van der Waals surface area contributed by atoms with Gasteiger partial charge in [0.05, 0.1) is 17.3 Å². The van der Waals surface area contributed by atoms with Gasteiger partial charge >= 0.3 is 6.18 Å². The Hall–Kier alpha value is -1.05. The second kappa shape index (κ2) is 6.40. The van der Waals surface area contributed by atoms with Gasteiger partial charge in [0.25, 0.3) is 0 Å². The van der Waals surface area contributed by atoms with Crippen LogP contribution in [0.4, 0.5) is 19.0 Å². The van der Waals surface area contributed by atoms with E-state index in [0.717, 1.165) is 0 Å². The molecule has 1 rings (SSSR count). The highest BCUT2D eigenvalue weighted by Gasteiger charge is 2.32. The number of alkyl halides is 3. The van der Waals surface area contributed by atoms with Crippen LogP contribution in [0.25, 0.3) is 0 Å². The molecule has 0 fully saturated rings. The molecule has 108 valence electrons. The molecule has 0 bridgehead atoms. The summed E-state index contributed by atoms with van der Waals surface area (Å²) in [6, 6.07) is 2.81. The third kappa shape index (κ3) is 5.22. The molecular weight excluding hydrogens is 281 g/mol. The summed E-state index contributed by atoms with van der Waals surface area (Å²) in [4.78, 5) is 5.31. The van der Waals surface area contributed by atoms with Crippen molar-refractivity contribution in [3.63, 3.8) is 0 Å². The molecule has 0 atom stereocenters. The van der Waals surface area contributed by atoms with Gasteiger partial charge in [-0.05, 0) is 26.0 Å². The molecule has 3 N–H and O–H groups in total. The predicted molar refractivity (Wildman–Crippen MR) is 68.7 cm³/mol. The van der Waals surface area contributed by atoms with E-state index in [4.69, 9.17) is 17.4 Å². The topological polar surface area (TPSA) is 54.2 Å². The summed E-state index contributed by atoms with van der Waals surface area (Å²) in [6.45, 7) is 2.36. The Morgan fingerprint density at radius 2 is 2.05 bits per heavy atom. The Morgan fingerprint density at radius 3 is 2.53 bits per heavy atom. The fourth-order valence-corrected chi connectivity index (χ4v) is 1.68. The van der Waals surface area contributed by atoms with E-state index in [1.165, 1.54) is 4.90 Å². The fourth-order valence-electron chi connectivity index (χ4n) is 1.52. The number of hydrazine groups is 1. The summed E-state index contributed by atoms with van der Waals surface area (Å²) in [6.07, 6.45) is -4.26. The Balaban J connectivity index is 2.90. The Morgan fingerprint density at radius 1 is 1.42 bits per heavy atom. The number of nitrogens with two attached hydrogens (primary N) is 1. The smallest absolute Gasteiger partial charge is 0.308 e. The van der Waals surface area contributed by atoms with Crippen LogP contribution in [0.1, 0.15) is 19.5 Å². The number of nitrogens with zero attached hydrogens (tertiary/aromatic N) is 2. The van der Waals surface area contributed by atoms with Crippen LogP contribution < -0.4 is 11.3 Å². The number of aromatic nitrogens is 1. The van der Waals surface area contributed by atoms with Crippen LogP contribution in [-0.4, -0.2) is 28.6 Å². The van der Waals surface area contributed by atoms with Crippen molar-refractivity contribution in [3.8, 4) is 0 Å². The maximum Gasteiger partial charge on any atom is 0.401 e. The van der Waals surface area contributed by atoms with Crippen molar-refractivity contribution in [2.24, 2.45) is 5.84 Å². The summed E-state index contributed by atoms with van der Waals surface area (Å²) in [5.41, 5.74) is 2.69. The van der Waals surface area contributed by atoms with E-state index < -0.39 is 12.7 Å². The zero-order valence-corrected chi connectivity index (χ0v) is 11.4. The van der Waals surface area contributed by atoms with Crippen molar-refractivity contribution in [2.75, 3.05) is 12.0 Å². The summed E-state index contributed by atoms with van der Waals surface area (Å²) >= 11 is 5.93.